The summed E-state index contributed by atoms with van der Waals surface area (Å²) < 4.78 is 5.17. The summed E-state index contributed by atoms with van der Waals surface area (Å²) in [6.07, 6.45) is 1.43. The second kappa shape index (κ2) is 4.69. The highest BCUT2D eigenvalue weighted by Crippen LogP contribution is 2.44. The number of halogens is 1. The lowest BCUT2D eigenvalue weighted by molar-refractivity contribution is 0.0636. The molecule has 1 fully saturated rings. The molecule has 0 unspecified atom stereocenters. The number of hydrogen-bond donors (Lipinski definition) is 2. The van der Waals surface area contributed by atoms with E-state index in [2.05, 4.69) is 5.32 Å². The van der Waals surface area contributed by atoms with E-state index in [1.165, 1.54) is 0 Å². The molecule has 4 nitrogen and oxygen atoms in total. The van der Waals surface area contributed by atoms with Gasteiger partial charge in [0, 0.05) is 5.54 Å². The highest BCUT2D eigenvalue weighted by Gasteiger charge is 2.40. The summed E-state index contributed by atoms with van der Waals surface area (Å²) in [6, 6.07) is 5.46. The minimum atomic E-state index is -0.536. The van der Waals surface area contributed by atoms with Crippen molar-refractivity contribution in [1.29, 1.82) is 0 Å². The number of ether oxygens (including phenoxy) is 1. The average molecular weight is 283 g/mol. The van der Waals surface area contributed by atoms with Crippen molar-refractivity contribution in [2.75, 3.05) is 5.32 Å². The first-order valence-corrected chi connectivity index (χ1v) is 6.66. The lowest BCUT2D eigenvalue weighted by atomic mass is 10.1. The molecule has 0 aliphatic heterocycles. The van der Waals surface area contributed by atoms with Crippen molar-refractivity contribution in [3.8, 4) is 0 Å². The van der Waals surface area contributed by atoms with Crippen LogP contribution in [0.5, 0.6) is 0 Å². The Morgan fingerprint density at radius 2 is 2.05 bits per heavy atom. The van der Waals surface area contributed by atoms with Crippen LogP contribution in [0.4, 0.5) is 10.5 Å². The highest BCUT2D eigenvalue weighted by atomic mass is 35.5. The fourth-order valence-corrected chi connectivity index (χ4v) is 1.99. The van der Waals surface area contributed by atoms with Gasteiger partial charge in [0.25, 0.3) is 0 Å². The third kappa shape index (κ3) is 3.61. The number of rotatable bonds is 2. The van der Waals surface area contributed by atoms with Gasteiger partial charge in [-0.1, -0.05) is 17.7 Å². The molecule has 3 N–H and O–H groups in total. The van der Waals surface area contributed by atoms with Crippen LogP contribution < -0.4 is 11.1 Å². The van der Waals surface area contributed by atoms with E-state index in [1.54, 1.807) is 12.1 Å². The molecule has 0 atom stereocenters. The molecule has 0 spiro atoms. The third-order valence-corrected chi connectivity index (χ3v) is 3.28. The first kappa shape index (κ1) is 14.2. The Labute approximate surface area is 118 Å². The maximum absolute atomic E-state index is 11.7. The zero-order valence-corrected chi connectivity index (χ0v) is 12.2. The molecule has 5 heteroatoms. The summed E-state index contributed by atoms with van der Waals surface area (Å²) in [7, 11) is 0. The Morgan fingerprint density at radius 1 is 1.42 bits per heavy atom. The second-order valence-electron chi connectivity index (χ2n) is 5.98. The molecule has 1 amide bonds. The molecular formula is C14H19ClN2O2. The summed E-state index contributed by atoms with van der Waals surface area (Å²) in [4.78, 5) is 11.7. The van der Waals surface area contributed by atoms with Crippen LogP contribution >= 0.6 is 11.6 Å². The largest absolute Gasteiger partial charge is 0.444 e. The molecule has 0 heterocycles. The Balaban J connectivity index is 2.07. The zero-order valence-electron chi connectivity index (χ0n) is 11.4. The van der Waals surface area contributed by atoms with Crippen LogP contribution in [0.2, 0.25) is 5.02 Å². The molecular weight excluding hydrogens is 264 g/mol. The van der Waals surface area contributed by atoms with E-state index < -0.39 is 11.7 Å². The predicted molar refractivity (Wildman–Crippen MR) is 76.4 cm³/mol. The molecule has 1 aliphatic rings. The Kier molecular flexibility index (Phi) is 3.49. The fraction of sp³-hybridized carbons (Fsp3) is 0.500. The monoisotopic (exact) mass is 282 g/mol. The van der Waals surface area contributed by atoms with Gasteiger partial charge in [0.1, 0.15) is 5.60 Å². The molecule has 1 saturated carbocycles. The molecule has 2 rings (SSSR count). The average Bonchev–Trinajstić information content (AvgIpc) is 2.98. The summed E-state index contributed by atoms with van der Waals surface area (Å²) >= 11 is 6.15. The van der Waals surface area contributed by atoms with Crippen molar-refractivity contribution in [1.82, 2.24) is 0 Å². The molecule has 0 bridgehead atoms. The maximum atomic E-state index is 11.7. The second-order valence-corrected chi connectivity index (χ2v) is 6.38. The van der Waals surface area contributed by atoms with Crippen molar-refractivity contribution < 1.29 is 9.53 Å². The predicted octanol–water partition coefficient (Wildman–Crippen LogP) is 3.63. The van der Waals surface area contributed by atoms with E-state index in [9.17, 15) is 4.79 Å². The van der Waals surface area contributed by atoms with Crippen molar-refractivity contribution in [3.63, 3.8) is 0 Å². The van der Waals surface area contributed by atoms with Gasteiger partial charge in [0.05, 0.1) is 10.7 Å². The van der Waals surface area contributed by atoms with Gasteiger partial charge in [-0.3, -0.25) is 5.32 Å². The van der Waals surface area contributed by atoms with Crippen LogP contribution in [-0.4, -0.2) is 11.7 Å². The Morgan fingerprint density at radius 3 is 2.53 bits per heavy atom. The molecule has 0 radical (unpaired) electrons. The van der Waals surface area contributed by atoms with E-state index in [1.807, 2.05) is 26.8 Å². The number of nitrogens with two attached hydrogens (primary N) is 1. The number of carbonyl (C=O) groups excluding carboxylic acids is 1. The molecule has 0 aromatic heterocycles. The number of benzene rings is 1. The minimum Gasteiger partial charge on any atom is -0.444 e. The van der Waals surface area contributed by atoms with Crippen LogP contribution in [0.25, 0.3) is 0 Å². The quantitative estimate of drug-likeness (QED) is 0.870. The topological polar surface area (TPSA) is 64.3 Å². The van der Waals surface area contributed by atoms with Crippen molar-refractivity contribution in [2.45, 2.75) is 44.8 Å². The maximum Gasteiger partial charge on any atom is 0.412 e. The van der Waals surface area contributed by atoms with Crippen LogP contribution in [0.1, 0.15) is 39.2 Å². The van der Waals surface area contributed by atoms with Crippen molar-refractivity contribution in [2.24, 2.45) is 5.73 Å². The summed E-state index contributed by atoms with van der Waals surface area (Å²) in [5.41, 5.74) is 6.87. The molecule has 104 valence electrons. The van der Waals surface area contributed by atoms with Gasteiger partial charge < -0.3 is 10.5 Å². The lowest BCUT2D eigenvalue weighted by Gasteiger charge is -2.20. The normalized spacial score (nSPS) is 16.9. The number of carbonyl (C=O) groups is 1. The van der Waals surface area contributed by atoms with Crippen LogP contribution in [0.3, 0.4) is 0 Å². The van der Waals surface area contributed by atoms with Crippen LogP contribution in [-0.2, 0) is 10.3 Å². The third-order valence-electron chi connectivity index (χ3n) is 2.97. The molecule has 19 heavy (non-hydrogen) atoms. The van der Waals surface area contributed by atoms with Gasteiger partial charge in [-0.05, 0) is 51.3 Å². The minimum absolute atomic E-state index is 0.228. The fourth-order valence-electron chi connectivity index (χ4n) is 1.76. The van der Waals surface area contributed by atoms with E-state index in [4.69, 9.17) is 22.1 Å². The van der Waals surface area contributed by atoms with Gasteiger partial charge >= 0.3 is 6.09 Å². The summed E-state index contributed by atoms with van der Waals surface area (Å²) in [5.74, 6) is 0. The van der Waals surface area contributed by atoms with E-state index in [0.717, 1.165) is 18.4 Å². The van der Waals surface area contributed by atoms with Crippen LogP contribution in [0, 0.1) is 0 Å². The summed E-state index contributed by atoms with van der Waals surface area (Å²) in [6.45, 7) is 5.42. The Hall–Kier alpha value is -1.26. The first-order valence-electron chi connectivity index (χ1n) is 6.29. The van der Waals surface area contributed by atoms with E-state index in [0.29, 0.717) is 10.7 Å². The van der Waals surface area contributed by atoms with Gasteiger partial charge in [0.2, 0.25) is 0 Å². The van der Waals surface area contributed by atoms with Crippen molar-refractivity contribution >= 4 is 23.4 Å². The van der Waals surface area contributed by atoms with Gasteiger partial charge in [-0.2, -0.15) is 0 Å². The Bertz CT molecular complexity index is 505. The van der Waals surface area contributed by atoms with E-state index in [-0.39, 0.29) is 5.54 Å². The van der Waals surface area contributed by atoms with Crippen molar-refractivity contribution in [3.05, 3.63) is 28.8 Å². The lowest BCUT2D eigenvalue weighted by Crippen LogP contribution is -2.27. The van der Waals surface area contributed by atoms with Gasteiger partial charge in [-0.15, -0.1) is 0 Å². The zero-order chi connectivity index (χ0) is 14.3. The summed E-state index contributed by atoms with van der Waals surface area (Å²) in [5, 5.41) is 3.10. The van der Waals surface area contributed by atoms with Gasteiger partial charge in [-0.25, -0.2) is 4.79 Å². The number of hydrogen-bond acceptors (Lipinski definition) is 3. The molecule has 1 aromatic carbocycles. The smallest absolute Gasteiger partial charge is 0.412 e. The highest BCUT2D eigenvalue weighted by molar-refractivity contribution is 6.33. The SMILES string of the molecule is CC(C)(C)OC(=O)Nc1ccc(C2(N)CC2)cc1Cl. The number of anilines is 1. The molecule has 1 aliphatic carbocycles. The molecule has 0 saturated heterocycles. The first-order chi connectivity index (χ1) is 8.70. The number of nitrogens with one attached hydrogen (secondary N) is 1. The number of amides is 1. The van der Waals surface area contributed by atoms with Crippen LogP contribution in [0.15, 0.2) is 18.2 Å². The molecule has 1 aromatic rings. The standard InChI is InChI=1S/C14H19ClN2O2/c1-13(2,3)19-12(18)17-11-5-4-9(8-10(11)15)14(16)6-7-14/h4-5,8H,6-7,16H2,1-3H3,(H,17,18). The van der Waals surface area contributed by atoms with E-state index >= 15 is 0 Å². The van der Waals surface area contributed by atoms with Gasteiger partial charge in [0.15, 0.2) is 0 Å².